The molecule has 1 saturated carbocycles. The molecule has 3 aromatic rings. The highest BCUT2D eigenvalue weighted by atomic mass is 16.2. The molecule has 1 aliphatic carbocycles. The third-order valence-electron chi connectivity index (χ3n) is 5.31. The van der Waals surface area contributed by atoms with E-state index in [4.69, 9.17) is 5.73 Å². The van der Waals surface area contributed by atoms with Crippen LogP contribution in [0.4, 0.5) is 5.82 Å². The summed E-state index contributed by atoms with van der Waals surface area (Å²) in [6.07, 6.45) is 5.24. The van der Waals surface area contributed by atoms with Gasteiger partial charge in [0.15, 0.2) is 0 Å². The van der Waals surface area contributed by atoms with Crippen molar-refractivity contribution < 1.29 is 4.79 Å². The Morgan fingerprint density at radius 3 is 2.64 bits per heavy atom. The first-order valence-electron chi connectivity index (χ1n) is 9.42. The van der Waals surface area contributed by atoms with E-state index in [1.165, 1.54) is 6.20 Å². The Hall–Kier alpha value is -3.22. The Morgan fingerprint density at radius 2 is 2.04 bits per heavy atom. The van der Waals surface area contributed by atoms with Crippen LogP contribution in [0.5, 0.6) is 0 Å². The number of nitrogens with zero attached hydrogens (tertiary/aromatic N) is 5. The van der Waals surface area contributed by atoms with Gasteiger partial charge < -0.3 is 10.6 Å². The normalized spacial score (nSPS) is 13.5. The molecule has 7 heteroatoms. The van der Waals surface area contributed by atoms with Crippen LogP contribution in [0.15, 0.2) is 36.7 Å². The number of benzene rings is 1. The number of nitrogen functional groups attached to an aromatic ring is 1. The quantitative estimate of drug-likeness (QED) is 0.739. The molecular weight excluding hydrogens is 352 g/mol. The Kier molecular flexibility index (Phi) is 4.58. The van der Waals surface area contributed by atoms with Gasteiger partial charge in [0.05, 0.1) is 23.8 Å². The average Bonchev–Trinajstić information content (AvgIpc) is 3.50. The molecule has 28 heavy (non-hydrogen) atoms. The number of aromatic nitrogens is 4. The fourth-order valence-corrected chi connectivity index (χ4v) is 3.43. The van der Waals surface area contributed by atoms with Crippen LogP contribution in [0, 0.1) is 13.8 Å². The molecule has 0 bridgehead atoms. The van der Waals surface area contributed by atoms with E-state index in [2.05, 4.69) is 15.1 Å². The van der Waals surface area contributed by atoms with Gasteiger partial charge in [-0.25, -0.2) is 4.98 Å². The van der Waals surface area contributed by atoms with Gasteiger partial charge in [-0.2, -0.15) is 5.10 Å². The second-order valence-electron chi connectivity index (χ2n) is 7.34. The Morgan fingerprint density at radius 1 is 1.25 bits per heavy atom. The Bertz CT molecular complexity index is 1020. The lowest BCUT2D eigenvalue weighted by atomic mass is 10.1. The van der Waals surface area contributed by atoms with Crippen molar-refractivity contribution in [3.63, 3.8) is 0 Å². The molecule has 2 heterocycles. The number of carbonyl (C=O) groups excluding carboxylic acids is 1. The number of hydrogen-bond donors (Lipinski definition) is 1. The second-order valence-corrected chi connectivity index (χ2v) is 7.34. The van der Waals surface area contributed by atoms with E-state index in [0.717, 1.165) is 35.4 Å². The molecule has 7 nitrogen and oxygen atoms in total. The summed E-state index contributed by atoms with van der Waals surface area (Å²) in [5, 5.41) is 4.49. The van der Waals surface area contributed by atoms with E-state index >= 15 is 0 Å². The molecule has 1 aromatic carbocycles. The fourth-order valence-electron chi connectivity index (χ4n) is 3.43. The standard InChI is InChI=1S/C21H24N6O/c1-13-18(14(2)26(3)25-13)12-27(17-7-8-17)21(28)16-6-4-5-15(9-16)19-10-24-20(22)11-23-19/h4-6,9-11,17H,7-8,12H2,1-3H3,(H2,22,24). The first-order chi connectivity index (χ1) is 13.4. The van der Waals surface area contributed by atoms with Gasteiger partial charge in [0.2, 0.25) is 0 Å². The number of aryl methyl sites for hydroxylation is 2. The highest BCUT2D eigenvalue weighted by Crippen LogP contribution is 2.31. The topological polar surface area (TPSA) is 89.9 Å². The van der Waals surface area contributed by atoms with E-state index in [1.807, 2.05) is 54.7 Å². The maximum atomic E-state index is 13.3. The van der Waals surface area contributed by atoms with Crippen LogP contribution in [0.25, 0.3) is 11.3 Å². The summed E-state index contributed by atoms with van der Waals surface area (Å²) in [7, 11) is 1.94. The lowest BCUT2D eigenvalue weighted by molar-refractivity contribution is 0.0729. The summed E-state index contributed by atoms with van der Waals surface area (Å²) in [6, 6.07) is 7.84. The molecule has 0 spiro atoms. The van der Waals surface area contributed by atoms with Crippen molar-refractivity contribution in [2.75, 3.05) is 5.73 Å². The van der Waals surface area contributed by atoms with Crippen molar-refractivity contribution in [3.05, 3.63) is 59.2 Å². The number of amides is 1. The predicted molar refractivity (Wildman–Crippen MR) is 107 cm³/mol. The summed E-state index contributed by atoms with van der Waals surface area (Å²) < 4.78 is 1.88. The number of anilines is 1. The summed E-state index contributed by atoms with van der Waals surface area (Å²) in [5.74, 6) is 0.411. The molecular formula is C21H24N6O. The fraction of sp³-hybridized carbons (Fsp3) is 0.333. The number of carbonyl (C=O) groups is 1. The van der Waals surface area contributed by atoms with Crippen molar-refractivity contribution in [1.82, 2.24) is 24.6 Å². The van der Waals surface area contributed by atoms with Crippen LogP contribution < -0.4 is 5.73 Å². The summed E-state index contributed by atoms with van der Waals surface area (Å²) >= 11 is 0. The first kappa shape index (κ1) is 18.2. The molecule has 0 unspecified atom stereocenters. The van der Waals surface area contributed by atoms with Gasteiger partial charge in [-0.15, -0.1) is 0 Å². The van der Waals surface area contributed by atoms with Crippen LogP contribution in [0.1, 0.15) is 40.2 Å². The van der Waals surface area contributed by atoms with E-state index in [1.54, 1.807) is 6.20 Å². The highest BCUT2D eigenvalue weighted by molar-refractivity contribution is 5.95. The third kappa shape index (κ3) is 3.47. The highest BCUT2D eigenvalue weighted by Gasteiger charge is 2.34. The van der Waals surface area contributed by atoms with Crippen molar-refractivity contribution >= 4 is 11.7 Å². The Balaban J connectivity index is 1.63. The molecule has 0 aliphatic heterocycles. The van der Waals surface area contributed by atoms with Crippen LogP contribution in [-0.2, 0) is 13.6 Å². The Labute approximate surface area is 164 Å². The van der Waals surface area contributed by atoms with Crippen LogP contribution in [0.3, 0.4) is 0 Å². The van der Waals surface area contributed by atoms with Crippen molar-refractivity contribution in [2.24, 2.45) is 7.05 Å². The van der Waals surface area contributed by atoms with Gasteiger partial charge in [0.1, 0.15) is 5.82 Å². The molecule has 0 radical (unpaired) electrons. The van der Waals surface area contributed by atoms with Gasteiger partial charge in [0, 0.05) is 42.0 Å². The van der Waals surface area contributed by atoms with Gasteiger partial charge >= 0.3 is 0 Å². The smallest absolute Gasteiger partial charge is 0.254 e. The van der Waals surface area contributed by atoms with Crippen molar-refractivity contribution in [3.8, 4) is 11.3 Å². The number of hydrogen-bond acceptors (Lipinski definition) is 5. The summed E-state index contributed by atoms with van der Waals surface area (Å²) in [5.41, 5.74) is 11.0. The van der Waals surface area contributed by atoms with Crippen molar-refractivity contribution in [2.45, 2.75) is 39.3 Å². The second kappa shape index (κ2) is 7.07. The minimum atomic E-state index is 0.0374. The number of rotatable bonds is 5. The maximum absolute atomic E-state index is 13.3. The van der Waals surface area contributed by atoms with Crippen LogP contribution in [0.2, 0.25) is 0 Å². The third-order valence-corrected chi connectivity index (χ3v) is 5.31. The predicted octanol–water partition coefficient (Wildman–Crippen LogP) is 2.88. The zero-order valence-electron chi connectivity index (χ0n) is 16.4. The van der Waals surface area contributed by atoms with E-state index < -0.39 is 0 Å². The van der Waals surface area contributed by atoms with Crippen molar-refractivity contribution in [1.29, 1.82) is 0 Å². The summed E-state index contributed by atoms with van der Waals surface area (Å²) in [6.45, 7) is 4.63. The van der Waals surface area contributed by atoms with E-state index in [-0.39, 0.29) is 5.91 Å². The SMILES string of the molecule is Cc1nn(C)c(C)c1CN(C(=O)c1cccc(-c2cnc(N)cn2)c1)C1CC1. The van der Waals surface area contributed by atoms with Gasteiger partial charge in [-0.05, 0) is 38.8 Å². The summed E-state index contributed by atoms with van der Waals surface area (Å²) in [4.78, 5) is 23.7. The lowest BCUT2D eigenvalue weighted by Crippen LogP contribution is -2.33. The molecule has 2 aromatic heterocycles. The lowest BCUT2D eigenvalue weighted by Gasteiger charge is -2.23. The molecule has 1 fully saturated rings. The molecule has 144 valence electrons. The van der Waals surface area contributed by atoms with Gasteiger partial charge in [-0.3, -0.25) is 14.5 Å². The largest absolute Gasteiger partial charge is 0.382 e. The zero-order valence-corrected chi connectivity index (χ0v) is 16.4. The first-order valence-corrected chi connectivity index (χ1v) is 9.42. The maximum Gasteiger partial charge on any atom is 0.254 e. The van der Waals surface area contributed by atoms with Crippen LogP contribution in [-0.4, -0.2) is 36.6 Å². The minimum Gasteiger partial charge on any atom is -0.382 e. The van der Waals surface area contributed by atoms with Crippen LogP contribution >= 0.6 is 0 Å². The monoisotopic (exact) mass is 376 g/mol. The minimum absolute atomic E-state index is 0.0374. The number of nitrogens with two attached hydrogens (primary N) is 1. The molecule has 0 atom stereocenters. The molecule has 4 rings (SSSR count). The molecule has 1 amide bonds. The van der Waals surface area contributed by atoms with E-state index in [9.17, 15) is 4.79 Å². The average molecular weight is 376 g/mol. The zero-order chi connectivity index (χ0) is 19.8. The van der Waals surface area contributed by atoms with Gasteiger partial charge in [0.25, 0.3) is 5.91 Å². The molecule has 2 N–H and O–H groups in total. The van der Waals surface area contributed by atoms with E-state index in [0.29, 0.717) is 29.7 Å². The van der Waals surface area contributed by atoms with Gasteiger partial charge in [-0.1, -0.05) is 12.1 Å². The molecule has 0 saturated heterocycles. The molecule has 1 aliphatic rings.